The largest absolute Gasteiger partial charge is 0.546 e. The van der Waals surface area contributed by atoms with Crippen LogP contribution in [0.3, 0.4) is 0 Å². The van der Waals surface area contributed by atoms with E-state index in [1.165, 1.54) is 6.92 Å². The van der Waals surface area contributed by atoms with E-state index in [9.17, 15) is 9.90 Å². The van der Waals surface area contributed by atoms with Crippen molar-refractivity contribution in [3.05, 3.63) is 29.8 Å². The molecule has 0 heterocycles. The van der Waals surface area contributed by atoms with Crippen LogP contribution in [0.1, 0.15) is 12.5 Å². The van der Waals surface area contributed by atoms with Gasteiger partial charge >= 0.3 is 0 Å². The Morgan fingerprint density at radius 3 is 2.38 bits per heavy atom. The lowest BCUT2D eigenvalue weighted by Crippen LogP contribution is -2.37. The van der Waals surface area contributed by atoms with Crippen molar-refractivity contribution in [2.75, 3.05) is 0 Å². The van der Waals surface area contributed by atoms with Gasteiger partial charge in [-0.3, -0.25) is 0 Å². The first-order chi connectivity index (χ1) is 6.09. The number of carboxylic acids is 1. The average Bonchev–Trinajstić information content (AvgIpc) is 2.08. The molecule has 0 aliphatic rings. The van der Waals surface area contributed by atoms with E-state index in [1.807, 2.05) is 19.1 Å². The van der Waals surface area contributed by atoms with E-state index in [0.29, 0.717) is 5.75 Å². The van der Waals surface area contributed by atoms with Crippen LogP contribution in [-0.4, -0.2) is 12.1 Å². The molecule has 0 saturated heterocycles. The Hall–Kier alpha value is -1.51. The first-order valence-corrected chi connectivity index (χ1v) is 4.04. The molecule has 0 unspecified atom stereocenters. The molecule has 0 aliphatic carbocycles. The molecule has 1 aromatic rings. The minimum absolute atomic E-state index is 0.544. The molecule has 0 N–H and O–H groups in total. The minimum Gasteiger partial charge on any atom is -0.546 e. The third-order valence-corrected chi connectivity index (χ3v) is 1.67. The van der Waals surface area contributed by atoms with Gasteiger partial charge in [0.15, 0.2) is 0 Å². The molecule has 0 aromatic heterocycles. The fraction of sp³-hybridized carbons (Fsp3) is 0.300. The Bertz CT molecular complexity index is 290. The summed E-state index contributed by atoms with van der Waals surface area (Å²) in [6.07, 6.45) is -0.914. The molecule has 13 heavy (non-hydrogen) atoms. The van der Waals surface area contributed by atoms with Crippen molar-refractivity contribution in [2.24, 2.45) is 0 Å². The molecule has 0 fully saturated rings. The molecular formula is C10H11O3-. The summed E-state index contributed by atoms with van der Waals surface area (Å²) in [5.41, 5.74) is 1.11. The van der Waals surface area contributed by atoms with Crippen molar-refractivity contribution in [1.82, 2.24) is 0 Å². The van der Waals surface area contributed by atoms with Crippen LogP contribution in [0.2, 0.25) is 0 Å². The van der Waals surface area contributed by atoms with E-state index >= 15 is 0 Å². The fourth-order valence-corrected chi connectivity index (χ4v) is 0.869. The number of carboxylic acid groups (broad SMARTS) is 1. The Labute approximate surface area is 77.0 Å². The lowest BCUT2D eigenvalue weighted by Gasteiger charge is -2.15. The zero-order valence-electron chi connectivity index (χ0n) is 7.61. The van der Waals surface area contributed by atoms with E-state index < -0.39 is 12.1 Å². The molecule has 1 atom stereocenters. The third kappa shape index (κ3) is 2.78. The van der Waals surface area contributed by atoms with Gasteiger partial charge in [0.1, 0.15) is 11.9 Å². The molecule has 0 bridgehead atoms. The van der Waals surface area contributed by atoms with Gasteiger partial charge in [-0.05, 0) is 26.0 Å². The summed E-state index contributed by atoms with van der Waals surface area (Å²) < 4.78 is 5.07. The smallest absolute Gasteiger partial charge is 0.135 e. The van der Waals surface area contributed by atoms with Gasteiger partial charge in [-0.15, -0.1) is 0 Å². The third-order valence-electron chi connectivity index (χ3n) is 1.67. The maximum absolute atomic E-state index is 10.3. The Morgan fingerprint density at radius 2 is 1.92 bits per heavy atom. The Morgan fingerprint density at radius 1 is 1.38 bits per heavy atom. The van der Waals surface area contributed by atoms with Crippen LogP contribution in [0, 0.1) is 6.92 Å². The van der Waals surface area contributed by atoms with Gasteiger partial charge in [-0.2, -0.15) is 0 Å². The van der Waals surface area contributed by atoms with Gasteiger partial charge in [0.25, 0.3) is 0 Å². The first-order valence-electron chi connectivity index (χ1n) is 4.04. The number of rotatable bonds is 3. The number of carbonyl (C=O) groups is 1. The van der Waals surface area contributed by atoms with E-state index in [4.69, 9.17) is 4.74 Å². The summed E-state index contributed by atoms with van der Waals surface area (Å²) in [6, 6.07) is 7.18. The summed E-state index contributed by atoms with van der Waals surface area (Å²) >= 11 is 0. The van der Waals surface area contributed by atoms with Crippen molar-refractivity contribution < 1.29 is 14.6 Å². The number of hydrogen-bond donors (Lipinski definition) is 0. The molecule has 3 nitrogen and oxygen atoms in total. The van der Waals surface area contributed by atoms with Crippen LogP contribution in [0.4, 0.5) is 0 Å². The number of carbonyl (C=O) groups excluding carboxylic acids is 1. The number of benzene rings is 1. The predicted molar refractivity (Wildman–Crippen MR) is 46.3 cm³/mol. The van der Waals surface area contributed by atoms with Crippen molar-refractivity contribution in [3.63, 3.8) is 0 Å². The fourth-order valence-electron chi connectivity index (χ4n) is 0.869. The van der Waals surface area contributed by atoms with Crippen molar-refractivity contribution in [1.29, 1.82) is 0 Å². The molecule has 0 radical (unpaired) electrons. The SMILES string of the molecule is Cc1ccc(O[C@@H](C)C(=O)[O-])cc1. The Kier molecular flexibility index (Phi) is 2.90. The second kappa shape index (κ2) is 3.94. The van der Waals surface area contributed by atoms with Gasteiger partial charge in [0.2, 0.25) is 0 Å². The highest BCUT2D eigenvalue weighted by molar-refractivity contribution is 5.69. The monoisotopic (exact) mass is 179 g/mol. The van der Waals surface area contributed by atoms with Crippen LogP contribution >= 0.6 is 0 Å². The molecule has 0 amide bonds. The van der Waals surface area contributed by atoms with Crippen LogP contribution in [-0.2, 0) is 4.79 Å². The van der Waals surface area contributed by atoms with Crippen molar-refractivity contribution in [2.45, 2.75) is 20.0 Å². The standard InChI is InChI=1S/C10H12O3/c1-7-3-5-9(6-4-7)13-8(2)10(11)12/h3-6,8H,1-2H3,(H,11,12)/p-1/t8-/m0/s1. The van der Waals surface area contributed by atoms with E-state index in [2.05, 4.69) is 0 Å². The van der Waals surface area contributed by atoms with Crippen molar-refractivity contribution in [3.8, 4) is 5.75 Å². The van der Waals surface area contributed by atoms with Gasteiger partial charge in [0.05, 0.1) is 5.97 Å². The number of hydrogen-bond acceptors (Lipinski definition) is 3. The molecule has 0 saturated carbocycles. The van der Waals surface area contributed by atoms with Gasteiger partial charge in [0, 0.05) is 0 Å². The van der Waals surface area contributed by atoms with E-state index in [-0.39, 0.29) is 0 Å². The van der Waals surface area contributed by atoms with Crippen LogP contribution in [0.15, 0.2) is 24.3 Å². The summed E-state index contributed by atoms with van der Waals surface area (Å²) in [4.78, 5) is 10.3. The minimum atomic E-state index is -1.21. The second-order valence-electron chi connectivity index (χ2n) is 2.89. The quantitative estimate of drug-likeness (QED) is 0.679. The zero-order chi connectivity index (χ0) is 9.84. The lowest BCUT2D eigenvalue weighted by atomic mass is 10.2. The van der Waals surface area contributed by atoms with E-state index in [0.717, 1.165) is 5.56 Å². The molecule has 0 spiro atoms. The highest BCUT2D eigenvalue weighted by Crippen LogP contribution is 2.12. The topological polar surface area (TPSA) is 49.4 Å². The highest BCUT2D eigenvalue weighted by Gasteiger charge is 2.03. The average molecular weight is 179 g/mol. The zero-order valence-corrected chi connectivity index (χ0v) is 7.61. The van der Waals surface area contributed by atoms with Gasteiger partial charge in [-0.1, -0.05) is 17.7 Å². The van der Waals surface area contributed by atoms with Crippen LogP contribution in [0.5, 0.6) is 5.75 Å². The highest BCUT2D eigenvalue weighted by atomic mass is 16.5. The molecule has 0 aliphatic heterocycles. The predicted octanol–water partition coefficient (Wildman–Crippen LogP) is 0.512. The van der Waals surface area contributed by atoms with Crippen LogP contribution in [0.25, 0.3) is 0 Å². The molecule has 3 heteroatoms. The van der Waals surface area contributed by atoms with Crippen molar-refractivity contribution >= 4 is 5.97 Å². The molecule has 70 valence electrons. The maximum atomic E-state index is 10.3. The summed E-state index contributed by atoms with van der Waals surface area (Å²) in [5.74, 6) is -0.664. The molecule has 1 aromatic carbocycles. The van der Waals surface area contributed by atoms with E-state index in [1.54, 1.807) is 12.1 Å². The second-order valence-corrected chi connectivity index (χ2v) is 2.89. The lowest BCUT2D eigenvalue weighted by molar-refractivity contribution is -0.312. The number of aryl methyl sites for hydroxylation is 1. The normalized spacial score (nSPS) is 12.2. The summed E-state index contributed by atoms with van der Waals surface area (Å²) in [5, 5.41) is 10.3. The number of aliphatic carboxylic acids is 1. The molecular weight excluding hydrogens is 168 g/mol. The first kappa shape index (κ1) is 9.58. The summed E-state index contributed by atoms with van der Waals surface area (Å²) in [7, 11) is 0. The maximum Gasteiger partial charge on any atom is 0.135 e. The van der Waals surface area contributed by atoms with Gasteiger partial charge < -0.3 is 14.6 Å². The van der Waals surface area contributed by atoms with Crippen LogP contribution < -0.4 is 9.84 Å². The summed E-state index contributed by atoms with van der Waals surface area (Å²) in [6.45, 7) is 3.39. The Balaban J connectivity index is 2.64. The molecule has 1 rings (SSSR count). The number of ether oxygens (including phenoxy) is 1. The van der Waals surface area contributed by atoms with Gasteiger partial charge in [-0.25, -0.2) is 0 Å².